The molecule has 0 fully saturated rings. The second-order valence-electron chi connectivity index (χ2n) is 4.89. The Hall–Kier alpha value is -1.65. The molecule has 0 bridgehead atoms. The summed E-state index contributed by atoms with van der Waals surface area (Å²) in [6.45, 7) is 3.66. The summed E-state index contributed by atoms with van der Waals surface area (Å²) >= 11 is 3.56. The molecule has 0 saturated heterocycles. The van der Waals surface area contributed by atoms with E-state index >= 15 is 0 Å². The van der Waals surface area contributed by atoms with Crippen LogP contribution in [-0.2, 0) is 13.1 Å². The second kappa shape index (κ2) is 5.77. The fourth-order valence-electron chi connectivity index (χ4n) is 2.16. The number of para-hydroxylation sites is 2. The smallest absolute Gasteiger partial charge is 0.121 e. The lowest BCUT2D eigenvalue weighted by atomic mass is 10.1. The Bertz CT molecular complexity index is 700. The second-order valence-corrected chi connectivity index (χ2v) is 5.74. The van der Waals surface area contributed by atoms with Crippen LogP contribution in [0.25, 0.3) is 11.0 Å². The Labute approximate surface area is 126 Å². The average molecular weight is 330 g/mol. The van der Waals surface area contributed by atoms with Crippen molar-refractivity contribution in [3.8, 4) is 0 Å². The predicted molar refractivity (Wildman–Crippen MR) is 85.5 cm³/mol. The van der Waals surface area contributed by atoms with Crippen LogP contribution in [-0.4, -0.2) is 9.97 Å². The molecule has 3 nitrogen and oxygen atoms in total. The molecule has 0 aliphatic carbocycles. The number of nitrogens with zero attached hydrogens (tertiary/aromatic N) is 1. The first kappa shape index (κ1) is 13.3. The van der Waals surface area contributed by atoms with Crippen LogP contribution in [0.5, 0.6) is 0 Å². The van der Waals surface area contributed by atoms with Crippen LogP contribution >= 0.6 is 15.9 Å². The number of hydrogen-bond acceptors (Lipinski definition) is 2. The van der Waals surface area contributed by atoms with Crippen molar-refractivity contribution in [2.75, 3.05) is 0 Å². The number of nitrogens with one attached hydrogen (secondary N) is 2. The molecule has 2 aromatic carbocycles. The molecular weight excluding hydrogens is 314 g/mol. The van der Waals surface area contributed by atoms with Crippen molar-refractivity contribution in [3.05, 3.63) is 63.9 Å². The number of H-pyrrole nitrogens is 1. The lowest BCUT2D eigenvalue weighted by Gasteiger charge is -2.05. The van der Waals surface area contributed by atoms with E-state index in [1.807, 2.05) is 24.3 Å². The zero-order valence-corrected chi connectivity index (χ0v) is 12.9. The van der Waals surface area contributed by atoms with E-state index in [9.17, 15) is 0 Å². The quantitative estimate of drug-likeness (QED) is 0.761. The third-order valence-corrected chi connectivity index (χ3v) is 4.15. The third kappa shape index (κ3) is 2.92. The van der Waals surface area contributed by atoms with Gasteiger partial charge in [0.1, 0.15) is 5.82 Å². The fraction of sp³-hybridized carbons (Fsp3) is 0.188. The van der Waals surface area contributed by atoms with E-state index in [-0.39, 0.29) is 0 Å². The molecule has 102 valence electrons. The van der Waals surface area contributed by atoms with Crippen molar-refractivity contribution >= 4 is 27.0 Å². The van der Waals surface area contributed by atoms with Crippen molar-refractivity contribution in [1.82, 2.24) is 15.3 Å². The van der Waals surface area contributed by atoms with Crippen LogP contribution in [0.3, 0.4) is 0 Å². The van der Waals surface area contributed by atoms with E-state index in [4.69, 9.17) is 0 Å². The highest BCUT2D eigenvalue weighted by molar-refractivity contribution is 9.10. The summed E-state index contributed by atoms with van der Waals surface area (Å²) in [5.74, 6) is 0.970. The van der Waals surface area contributed by atoms with E-state index in [2.05, 4.69) is 56.3 Å². The molecule has 0 aliphatic heterocycles. The van der Waals surface area contributed by atoms with Gasteiger partial charge in [0, 0.05) is 11.0 Å². The summed E-state index contributed by atoms with van der Waals surface area (Å²) in [6, 6.07) is 14.5. The normalized spacial score (nSPS) is 11.1. The number of hydrogen-bond donors (Lipinski definition) is 2. The van der Waals surface area contributed by atoms with Gasteiger partial charge in [-0.05, 0) is 36.2 Å². The van der Waals surface area contributed by atoms with Gasteiger partial charge in [-0.2, -0.15) is 0 Å². The summed E-state index contributed by atoms with van der Waals surface area (Å²) in [5, 5.41) is 3.41. The number of halogens is 1. The molecule has 0 aliphatic rings. The number of aryl methyl sites for hydroxylation is 1. The Kier molecular flexibility index (Phi) is 3.85. The van der Waals surface area contributed by atoms with E-state index in [0.29, 0.717) is 0 Å². The average Bonchev–Trinajstić information content (AvgIpc) is 2.85. The third-order valence-electron chi connectivity index (χ3n) is 3.30. The molecule has 0 radical (unpaired) electrons. The molecule has 20 heavy (non-hydrogen) atoms. The zero-order chi connectivity index (χ0) is 13.9. The monoisotopic (exact) mass is 329 g/mol. The van der Waals surface area contributed by atoms with E-state index in [1.54, 1.807) is 0 Å². The molecule has 1 heterocycles. The van der Waals surface area contributed by atoms with Crippen LogP contribution < -0.4 is 5.32 Å². The van der Waals surface area contributed by atoms with E-state index in [0.717, 1.165) is 34.4 Å². The van der Waals surface area contributed by atoms with Crippen LogP contribution in [0.2, 0.25) is 0 Å². The minimum Gasteiger partial charge on any atom is -0.341 e. The van der Waals surface area contributed by atoms with Crippen LogP contribution in [0.15, 0.2) is 46.9 Å². The van der Waals surface area contributed by atoms with Gasteiger partial charge in [0.2, 0.25) is 0 Å². The maximum atomic E-state index is 4.55. The highest BCUT2D eigenvalue weighted by atomic mass is 79.9. The minimum absolute atomic E-state index is 0.736. The number of aromatic nitrogens is 2. The number of benzene rings is 2. The number of rotatable bonds is 4. The zero-order valence-electron chi connectivity index (χ0n) is 11.3. The summed E-state index contributed by atoms with van der Waals surface area (Å²) < 4.78 is 1.15. The van der Waals surface area contributed by atoms with Gasteiger partial charge in [-0.3, -0.25) is 0 Å². The van der Waals surface area contributed by atoms with Crippen molar-refractivity contribution < 1.29 is 0 Å². The van der Waals surface area contributed by atoms with Crippen molar-refractivity contribution in [3.63, 3.8) is 0 Å². The molecule has 0 amide bonds. The maximum Gasteiger partial charge on any atom is 0.121 e. The molecule has 0 unspecified atom stereocenters. The first-order chi connectivity index (χ1) is 9.72. The maximum absolute atomic E-state index is 4.55. The summed E-state index contributed by atoms with van der Waals surface area (Å²) in [6.07, 6.45) is 0. The Balaban J connectivity index is 1.63. The van der Waals surface area contributed by atoms with Crippen LogP contribution in [0.1, 0.15) is 17.0 Å². The molecule has 4 heteroatoms. The van der Waals surface area contributed by atoms with Gasteiger partial charge in [-0.1, -0.05) is 40.2 Å². The first-order valence-electron chi connectivity index (χ1n) is 6.62. The molecule has 0 saturated carbocycles. The molecule has 2 N–H and O–H groups in total. The van der Waals surface area contributed by atoms with Crippen molar-refractivity contribution in [2.24, 2.45) is 0 Å². The standard InChI is InChI=1S/C16H16BrN3/c1-11-6-7-12(8-13(11)17)9-18-10-16-19-14-4-2-3-5-15(14)20-16/h2-8,18H,9-10H2,1H3,(H,19,20). The van der Waals surface area contributed by atoms with Gasteiger partial charge in [0.25, 0.3) is 0 Å². The Morgan fingerprint density at radius 1 is 1.15 bits per heavy atom. The predicted octanol–water partition coefficient (Wildman–Crippen LogP) is 3.92. The molecule has 0 spiro atoms. The van der Waals surface area contributed by atoms with Gasteiger partial charge < -0.3 is 10.3 Å². The SMILES string of the molecule is Cc1ccc(CNCc2nc3ccccc3[nH]2)cc1Br. The summed E-state index contributed by atoms with van der Waals surface area (Å²) in [4.78, 5) is 7.87. The lowest BCUT2D eigenvalue weighted by Crippen LogP contribution is -2.13. The Morgan fingerprint density at radius 3 is 2.80 bits per heavy atom. The fourth-order valence-corrected chi connectivity index (χ4v) is 2.59. The molecule has 1 aromatic heterocycles. The highest BCUT2D eigenvalue weighted by Crippen LogP contribution is 2.17. The number of aromatic amines is 1. The van der Waals surface area contributed by atoms with Crippen LogP contribution in [0.4, 0.5) is 0 Å². The van der Waals surface area contributed by atoms with Crippen molar-refractivity contribution in [1.29, 1.82) is 0 Å². The largest absolute Gasteiger partial charge is 0.341 e. The van der Waals surface area contributed by atoms with E-state index in [1.165, 1.54) is 11.1 Å². The van der Waals surface area contributed by atoms with Gasteiger partial charge in [0.15, 0.2) is 0 Å². The molecule has 3 aromatic rings. The number of imidazole rings is 1. The number of fused-ring (bicyclic) bond motifs is 1. The lowest BCUT2D eigenvalue weighted by molar-refractivity contribution is 0.670. The molecular formula is C16H16BrN3. The minimum atomic E-state index is 0.736. The van der Waals surface area contributed by atoms with Gasteiger partial charge in [-0.15, -0.1) is 0 Å². The van der Waals surface area contributed by atoms with Crippen molar-refractivity contribution in [2.45, 2.75) is 20.0 Å². The highest BCUT2D eigenvalue weighted by Gasteiger charge is 2.02. The summed E-state index contributed by atoms with van der Waals surface area (Å²) in [5.41, 5.74) is 4.62. The molecule has 3 rings (SSSR count). The molecule has 0 atom stereocenters. The van der Waals surface area contributed by atoms with Gasteiger partial charge >= 0.3 is 0 Å². The van der Waals surface area contributed by atoms with Gasteiger partial charge in [0.05, 0.1) is 17.6 Å². The van der Waals surface area contributed by atoms with E-state index < -0.39 is 0 Å². The van der Waals surface area contributed by atoms with Crippen LogP contribution in [0, 0.1) is 6.92 Å². The first-order valence-corrected chi connectivity index (χ1v) is 7.41. The van der Waals surface area contributed by atoms with Gasteiger partial charge in [-0.25, -0.2) is 4.98 Å². The topological polar surface area (TPSA) is 40.7 Å². The Morgan fingerprint density at radius 2 is 2.00 bits per heavy atom. The summed E-state index contributed by atoms with van der Waals surface area (Å²) in [7, 11) is 0.